The normalized spacial score (nSPS) is 15.5. The maximum absolute atomic E-state index is 5.33. The van der Waals surface area contributed by atoms with Crippen molar-refractivity contribution in [1.29, 1.82) is 0 Å². The molecule has 0 saturated carbocycles. The Morgan fingerprint density at radius 2 is 1.89 bits per heavy atom. The van der Waals surface area contributed by atoms with Crippen LogP contribution in [0.4, 0.5) is 5.95 Å². The molecule has 1 saturated heterocycles. The van der Waals surface area contributed by atoms with Crippen molar-refractivity contribution in [2.45, 2.75) is 10.1 Å². The number of morpholine rings is 1. The van der Waals surface area contributed by atoms with Gasteiger partial charge < -0.3 is 9.64 Å². The summed E-state index contributed by atoms with van der Waals surface area (Å²) in [5.74, 6) is 0.768. The van der Waals surface area contributed by atoms with E-state index in [1.54, 1.807) is 24.2 Å². The monoisotopic (exact) mass is 274 g/mol. The van der Waals surface area contributed by atoms with E-state index < -0.39 is 0 Å². The molecule has 0 spiro atoms. The minimum Gasteiger partial charge on any atom is -0.378 e. The summed E-state index contributed by atoms with van der Waals surface area (Å²) in [7, 11) is 0. The third-order valence-corrected chi connectivity index (χ3v) is 3.65. The van der Waals surface area contributed by atoms with E-state index in [4.69, 9.17) is 4.74 Å². The molecule has 0 atom stereocenters. The van der Waals surface area contributed by atoms with Crippen LogP contribution in [-0.2, 0) is 4.74 Å². The molecule has 0 N–H and O–H groups in total. The van der Waals surface area contributed by atoms with Crippen LogP contribution in [0, 0.1) is 0 Å². The minimum absolute atomic E-state index is 0.737. The van der Waals surface area contributed by atoms with E-state index in [0.717, 1.165) is 42.3 Å². The maximum Gasteiger partial charge on any atom is 0.226 e. The smallest absolute Gasteiger partial charge is 0.226 e. The molecule has 5 nitrogen and oxygen atoms in total. The molecule has 19 heavy (non-hydrogen) atoms. The fourth-order valence-corrected chi connectivity index (χ4v) is 2.55. The van der Waals surface area contributed by atoms with Gasteiger partial charge in [0.05, 0.1) is 13.2 Å². The molecule has 1 aliphatic heterocycles. The van der Waals surface area contributed by atoms with Crippen molar-refractivity contribution in [2.75, 3.05) is 31.2 Å². The molecule has 6 heteroatoms. The zero-order chi connectivity index (χ0) is 12.9. The number of rotatable bonds is 3. The lowest BCUT2D eigenvalue weighted by molar-refractivity contribution is 0.122. The highest BCUT2D eigenvalue weighted by molar-refractivity contribution is 7.99. The van der Waals surface area contributed by atoms with Crippen molar-refractivity contribution in [1.82, 2.24) is 15.0 Å². The van der Waals surface area contributed by atoms with E-state index in [0.29, 0.717) is 0 Å². The topological polar surface area (TPSA) is 51.1 Å². The summed E-state index contributed by atoms with van der Waals surface area (Å²) in [5.41, 5.74) is 0. The summed E-state index contributed by atoms with van der Waals surface area (Å²) >= 11 is 1.55. The second-order valence-corrected chi connectivity index (χ2v) is 5.11. The fourth-order valence-electron chi connectivity index (χ4n) is 1.82. The molecule has 98 valence electrons. The SMILES string of the molecule is c1ccc(Sc2ccnc(N3CCOCC3)n2)nc1. The summed E-state index contributed by atoms with van der Waals surface area (Å²) in [6.45, 7) is 3.16. The third kappa shape index (κ3) is 3.21. The van der Waals surface area contributed by atoms with E-state index >= 15 is 0 Å². The molecule has 2 aromatic heterocycles. The zero-order valence-corrected chi connectivity index (χ0v) is 11.2. The van der Waals surface area contributed by atoms with Gasteiger partial charge in [-0.1, -0.05) is 6.07 Å². The molecular weight excluding hydrogens is 260 g/mol. The van der Waals surface area contributed by atoms with E-state index in [-0.39, 0.29) is 0 Å². The van der Waals surface area contributed by atoms with Crippen LogP contribution >= 0.6 is 11.8 Å². The fraction of sp³-hybridized carbons (Fsp3) is 0.308. The predicted octanol–water partition coefficient (Wildman–Crippen LogP) is 1.86. The van der Waals surface area contributed by atoms with Gasteiger partial charge in [-0.25, -0.2) is 15.0 Å². The third-order valence-electron chi connectivity index (χ3n) is 2.76. The van der Waals surface area contributed by atoms with Crippen LogP contribution in [0.2, 0.25) is 0 Å². The van der Waals surface area contributed by atoms with Gasteiger partial charge in [-0.3, -0.25) is 0 Å². The largest absolute Gasteiger partial charge is 0.378 e. The van der Waals surface area contributed by atoms with Crippen molar-refractivity contribution in [3.63, 3.8) is 0 Å². The van der Waals surface area contributed by atoms with Crippen molar-refractivity contribution in [3.05, 3.63) is 36.7 Å². The molecule has 1 fully saturated rings. The van der Waals surface area contributed by atoms with Gasteiger partial charge in [-0.15, -0.1) is 0 Å². The van der Waals surface area contributed by atoms with Crippen LogP contribution in [0.1, 0.15) is 0 Å². The average Bonchev–Trinajstić information content (AvgIpc) is 2.49. The molecule has 1 aliphatic rings. The Labute approximate surface area is 116 Å². The van der Waals surface area contributed by atoms with Gasteiger partial charge in [0.15, 0.2) is 0 Å². The lowest BCUT2D eigenvalue weighted by Crippen LogP contribution is -2.37. The van der Waals surface area contributed by atoms with Gasteiger partial charge in [0.2, 0.25) is 5.95 Å². The van der Waals surface area contributed by atoms with Gasteiger partial charge in [0, 0.05) is 25.5 Å². The standard InChI is InChI=1S/C13H14N4OS/c1-2-5-14-11(3-1)19-12-4-6-15-13(16-12)17-7-9-18-10-8-17/h1-6H,7-10H2. The van der Waals surface area contributed by atoms with E-state index in [9.17, 15) is 0 Å². The van der Waals surface area contributed by atoms with Crippen LogP contribution in [0.5, 0.6) is 0 Å². The first-order chi connectivity index (χ1) is 9.42. The number of aromatic nitrogens is 3. The number of hydrogen-bond donors (Lipinski definition) is 0. The first kappa shape index (κ1) is 12.4. The Hall–Kier alpha value is -1.66. The molecule has 0 amide bonds. The van der Waals surface area contributed by atoms with E-state index in [1.165, 1.54) is 0 Å². The number of anilines is 1. The molecule has 0 unspecified atom stereocenters. The minimum atomic E-state index is 0.737. The molecule has 0 bridgehead atoms. The molecule has 3 rings (SSSR count). The van der Waals surface area contributed by atoms with Crippen molar-refractivity contribution < 1.29 is 4.74 Å². The summed E-state index contributed by atoms with van der Waals surface area (Å²) < 4.78 is 5.33. The Kier molecular flexibility index (Phi) is 3.90. The maximum atomic E-state index is 5.33. The van der Waals surface area contributed by atoms with Crippen LogP contribution in [0.25, 0.3) is 0 Å². The highest BCUT2D eigenvalue weighted by atomic mass is 32.2. The Morgan fingerprint density at radius 1 is 1.00 bits per heavy atom. The molecule has 0 aromatic carbocycles. The number of nitrogens with zero attached hydrogens (tertiary/aromatic N) is 4. The Bertz CT molecular complexity index is 531. The first-order valence-corrected chi connectivity index (χ1v) is 6.98. The van der Waals surface area contributed by atoms with E-state index in [1.807, 2.05) is 24.3 Å². The average molecular weight is 274 g/mol. The van der Waals surface area contributed by atoms with Gasteiger partial charge in [0.25, 0.3) is 0 Å². The van der Waals surface area contributed by atoms with Crippen molar-refractivity contribution in [2.24, 2.45) is 0 Å². The highest BCUT2D eigenvalue weighted by Gasteiger charge is 2.14. The van der Waals surface area contributed by atoms with Crippen molar-refractivity contribution in [3.8, 4) is 0 Å². The summed E-state index contributed by atoms with van der Waals surface area (Å²) in [5, 5.41) is 1.85. The number of ether oxygens (including phenoxy) is 1. The Morgan fingerprint density at radius 3 is 2.68 bits per heavy atom. The van der Waals surface area contributed by atoms with Crippen molar-refractivity contribution >= 4 is 17.7 Å². The summed E-state index contributed by atoms with van der Waals surface area (Å²) in [6.07, 6.45) is 3.58. The molecule has 0 radical (unpaired) electrons. The second-order valence-electron chi connectivity index (χ2n) is 4.06. The number of pyridine rings is 1. The van der Waals surface area contributed by atoms with Crippen LogP contribution in [0.3, 0.4) is 0 Å². The Balaban J connectivity index is 1.76. The van der Waals surface area contributed by atoms with Crippen LogP contribution in [-0.4, -0.2) is 41.3 Å². The number of hydrogen-bond acceptors (Lipinski definition) is 6. The molecular formula is C13H14N4OS. The van der Waals surface area contributed by atoms with Gasteiger partial charge in [0.1, 0.15) is 10.1 Å². The molecule has 3 heterocycles. The summed E-state index contributed by atoms with van der Waals surface area (Å²) in [6, 6.07) is 7.76. The predicted molar refractivity (Wildman–Crippen MR) is 73.4 cm³/mol. The van der Waals surface area contributed by atoms with Crippen LogP contribution in [0.15, 0.2) is 46.7 Å². The lowest BCUT2D eigenvalue weighted by Gasteiger charge is -2.26. The molecule has 2 aromatic rings. The second kappa shape index (κ2) is 5.99. The van der Waals surface area contributed by atoms with Gasteiger partial charge >= 0.3 is 0 Å². The van der Waals surface area contributed by atoms with E-state index in [2.05, 4.69) is 19.9 Å². The quantitative estimate of drug-likeness (QED) is 0.796. The zero-order valence-electron chi connectivity index (χ0n) is 10.4. The first-order valence-electron chi connectivity index (χ1n) is 6.16. The summed E-state index contributed by atoms with van der Waals surface area (Å²) in [4.78, 5) is 15.3. The molecule has 0 aliphatic carbocycles. The van der Waals surface area contributed by atoms with Gasteiger partial charge in [-0.2, -0.15) is 0 Å². The highest BCUT2D eigenvalue weighted by Crippen LogP contribution is 2.24. The lowest BCUT2D eigenvalue weighted by atomic mass is 10.4. The van der Waals surface area contributed by atoms with Crippen LogP contribution < -0.4 is 4.90 Å². The van der Waals surface area contributed by atoms with Gasteiger partial charge in [-0.05, 0) is 30.0 Å².